The van der Waals surface area contributed by atoms with E-state index >= 15 is 0 Å². The molecule has 3 N–H and O–H groups in total. The molecule has 10 heteroatoms. The number of hydrogen-bond acceptors (Lipinski definition) is 6. The minimum absolute atomic E-state index is 0.0231. The summed E-state index contributed by atoms with van der Waals surface area (Å²) in [6, 6.07) is 3.88. The first-order valence-electron chi connectivity index (χ1n) is 6.62. The lowest BCUT2D eigenvalue weighted by molar-refractivity contribution is -0.386. The molecule has 0 amide bonds. The van der Waals surface area contributed by atoms with Gasteiger partial charge in [-0.25, -0.2) is 13.6 Å². The van der Waals surface area contributed by atoms with Crippen molar-refractivity contribution in [1.82, 2.24) is 9.78 Å². The Hall–Kier alpha value is -2.46. The van der Waals surface area contributed by atoms with Gasteiger partial charge < -0.3 is 5.32 Å². The van der Waals surface area contributed by atoms with Crippen LogP contribution in [-0.4, -0.2) is 23.1 Å². The van der Waals surface area contributed by atoms with Crippen molar-refractivity contribution < 1.29 is 13.3 Å². The number of benzene rings is 1. The maximum absolute atomic E-state index is 11.5. The molecule has 1 aromatic carbocycles. The maximum Gasteiger partial charge on any atom is 0.312 e. The van der Waals surface area contributed by atoms with E-state index in [1.807, 2.05) is 20.8 Å². The quantitative estimate of drug-likeness (QED) is 0.646. The van der Waals surface area contributed by atoms with E-state index < -0.39 is 25.5 Å². The average molecular weight is 339 g/mol. The Balaban J connectivity index is 2.49. The van der Waals surface area contributed by atoms with Crippen LogP contribution in [0, 0.1) is 10.1 Å². The summed E-state index contributed by atoms with van der Waals surface area (Å²) in [6.07, 6.45) is 3.17. The highest BCUT2D eigenvalue weighted by atomic mass is 32.2. The van der Waals surface area contributed by atoms with Crippen LogP contribution in [0.3, 0.4) is 0 Å². The zero-order valence-corrected chi connectivity index (χ0v) is 13.7. The van der Waals surface area contributed by atoms with Crippen LogP contribution in [0.4, 0.5) is 17.1 Å². The van der Waals surface area contributed by atoms with E-state index in [-0.39, 0.29) is 11.2 Å². The van der Waals surface area contributed by atoms with Crippen molar-refractivity contribution >= 4 is 27.1 Å². The third-order valence-electron chi connectivity index (χ3n) is 3.04. The first-order chi connectivity index (χ1) is 10.5. The van der Waals surface area contributed by atoms with Gasteiger partial charge in [-0.3, -0.25) is 14.8 Å². The van der Waals surface area contributed by atoms with Crippen molar-refractivity contribution in [3.8, 4) is 0 Å². The van der Waals surface area contributed by atoms with Crippen molar-refractivity contribution in [3.63, 3.8) is 0 Å². The van der Waals surface area contributed by atoms with Crippen LogP contribution in [0.25, 0.3) is 0 Å². The van der Waals surface area contributed by atoms with Gasteiger partial charge in [-0.2, -0.15) is 5.10 Å². The van der Waals surface area contributed by atoms with Gasteiger partial charge in [0.15, 0.2) is 4.90 Å². The fourth-order valence-electron chi connectivity index (χ4n) is 1.95. The predicted molar refractivity (Wildman–Crippen MR) is 85.0 cm³/mol. The van der Waals surface area contributed by atoms with Gasteiger partial charge in [-0.05, 0) is 32.9 Å². The largest absolute Gasteiger partial charge is 0.347 e. The minimum atomic E-state index is -4.21. The summed E-state index contributed by atoms with van der Waals surface area (Å²) in [5.41, 5.74) is -0.336. The molecule has 1 aromatic heterocycles. The van der Waals surface area contributed by atoms with Crippen LogP contribution >= 0.6 is 0 Å². The fourth-order valence-corrected chi connectivity index (χ4v) is 2.67. The Morgan fingerprint density at radius 2 is 2.00 bits per heavy atom. The summed E-state index contributed by atoms with van der Waals surface area (Å²) in [4.78, 5) is 9.94. The standard InChI is InChI=1S/C13H17N5O4S/c1-13(2,3)17-8-9(7-15-17)16-10-5-4-6-11(23(14,21)22)12(10)18(19)20/h4-8,16H,1-3H3,(H2,14,21,22). The summed E-state index contributed by atoms with van der Waals surface area (Å²) >= 11 is 0. The molecule has 0 aliphatic rings. The highest BCUT2D eigenvalue weighted by molar-refractivity contribution is 7.89. The lowest BCUT2D eigenvalue weighted by Crippen LogP contribution is -2.21. The number of anilines is 2. The van der Waals surface area contributed by atoms with Gasteiger partial charge in [0.25, 0.3) is 0 Å². The number of aromatic nitrogens is 2. The Labute approximate surface area is 133 Å². The molecular weight excluding hydrogens is 322 g/mol. The van der Waals surface area contributed by atoms with Gasteiger partial charge >= 0.3 is 5.69 Å². The van der Waals surface area contributed by atoms with Crippen LogP contribution in [0.1, 0.15) is 20.8 Å². The number of nitrogens with zero attached hydrogens (tertiary/aromatic N) is 3. The second-order valence-electron chi connectivity index (χ2n) is 5.92. The molecule has 9 nitrogen and oxygen atoms in total. The van der Waals surface area contributed by atoms with Crippen LogP contribution in [0.2, 0.25) is 0 Å². The summed E-state index contributed by atoms with van der Waals surface area (Å²) in [6.45, 7) is 5.86. The van der Waals surface area contributed by atoms with E-state index in [0.717, 1.165) is 6.07 Å². The Morgan fingerprint density at radius 1 is 1.35 bits per heavy atom. The predicted octanol–water partition coefficient (Wildman–Crippen LogP) is 1.94. The molecule has 0 unspecified atom stereocenters. The molecule has 2 aromatic rings. The second-order valence-corrected chi connectivity index (χ2v) is 7.45. The number of nitrogens with one attached hydrogen (secondary N) is 1. The van der Waals surface area contributed by atoms with E-state index in [2.05, 4.69) is 10.4 Å². The maximum atomic E-state index is 11.5. The zero-order chi connectivity index (χ0) is 17.4. The smallest absolute Gasteiger partial charge is 0.312 e. The summed E-state index contributed by atoms with van der Waals surface area (Å²) in [5.74, 6) is 0. The molecule has 124 valence electrons. The van der Waals surface area contributed by atoms with Crippen molar-refractivity contribution in [2.24, 2.45) is 5.14 Å². The second kappa shape index (κ2) is 5.63. The third kappa shape index (κ3) is 3.66. The third-order valence-corrected chi connectivity index (χ3v) is 3.98. The van der Waals surface area contributed by atoms with Gasteiger partial charge in [0.05, 0.1) is 22.3 Å². The molecule has 2 rings (SSSR count). The first-order valence-corrected chi connectivity index (χ1v) is 8.17. The van der Waals surface area contributed by atoms with E-state index in [1.54, 1.807) is 10.9 Å². The van der Waals surface area contributed by atoms with Gasteiger partial charge in [-0.1, -0.05) is 6.07 Å². The Kier molecular flexibility index (Phi) is 4.14. The van der Waals surface area contributed by atoms with Gasteiger partial charge in [0.2, 0.25) is 10.0 Å². The van der Waals surface area contributed by atoms with E-state index in [1.165, 1.54) is 18.3 Å². The van der Waals surface area contributed by atoms with E-state index in [0.29, 0.717) is 5.69 Å². The topological polar surface area (TPSA) is 133 Å². The molecule has 23 heavy (non-hydrogen) atoms. The molecule has 0 aliphatic carbocycles. The van der Waals surface area contributed by atoms with Crippen LogP contribution < -0.4 is 10.5 Å². The molecule has 0 saturated heterocycles. The average Bonchev–Trinajstić information content (AvgIpc) is 2.85. The van der Waals surface area contributed by atoms with Crippen molar-refractivity contribution in [1.29, 1.82) is 0 Å². The number of nitro groups is 1. The Bertz CT molecular complexity index is 851. The van der Waals surface area contributed by atoms with Crippen LogP contribution in [0.5, 0.6) is 0 Å². The highest BCUT2D eigenvalue weighted by Gasteiger charge is 2.27. The number of nitro benzene ring substituents is 1. The molecule has 0 fully saturated rings. The number of para-hydroxylation sites is 1. The van der Waals surface area contributed by atoms with Crippen molar-refractivity contribution in [2.75, 3.05) is 5.32 Å². The molecule has 0 aliphatic heterocycles. The molecular formula is C13H17N5O4S. The van der Waals surface area contributed by atoms with Crippen molar-refractivity contribution in [3.05, 3.63) is 40.7 Å². The van der Waals surface area contributed by atoms with Gasteiger partial charge in [0.1, 0.15) is 5.69 Å². The summed E-state index contributed by atoms with van der Waals surface area (Å²) in [7, 11) is -4.21. The molecule has 0 atom stereocenters. The van der Waals surface area contributed by atoms with Crippen LogP contribution in [0.15, 0.2) is 35.5 Å². The van der Waals surface area contributed by atoms with Crippen LogP contribution in [-0.2, 0) is 15.6 Å². The monoisotopic (exact) mass is 339 g/mol. The Morgan fingerprint density at radius 3 is 2.48 bits per heavy atom. The van der Waals surface area contributed by atoms with E-state index in [4.69, 9.17) is 5.14 Å². The molecule has 0 spiro atoms. The number of hydrogen-bond donors (Lipinski definition) is 2. The molecule has 0 radical (unpaired) electrons. The number of sulfonamides is 1. The normalized spacial score (nSPS) is 12.2. The van der Waals surface area contributed by atoms with Gasteiger partial charge in [0, 0.05) is 6.20 Å². The van der Waals surface area contributed by atoms with E-state index in [9.17, 15) is 18.5 Å². The SMILES string of the molecule is CC(C)(C)n1cc(Nc2cccc(S(N)(=O)=O)c2[N+](=O)[O-])cn1. The first kappa shape index (κ1) is 16.9. The van der Waals surface area contributed by atoms with Crippen molar-refractivity contribution in [2.45, 2.75) is 31.2 Å². The lowest BCUT2D eigenvalue weighted by Gasteiger charge is -2.18. The number of rotatable bonds is 4. The molecule has 0 saturated carbocycles. The molecule has 0 bridgehead atoms. The zero-order valence-electron chi connectivity index (χ0n) is 12.8. The number of nitrogens with two attached hydrogens (primary N) is 1. The lowest BCUT2D eigenvalue weighted by atomic mass is 10.1. The minimum Gasteiger partial charge on any atom is -0.347 e. The highest BCUT2D eigenvalue weighted by Crippen LogP contribution is 2.33. The summed E-state index contributed by atoms with van der Waals surface area (Å²) in [5, 5.41) is 23.3. The van der Waals surface area contributed by atoms with Gasteiger partial charge in [-0.15, -0.1) is 0 Å². The number of primary sulfonamides is 1. The summed E-state index contributed by atoms with van der Waals surface area (Å²) < 4.78 is 24.7. The fraction of sp³-hybridized carbons (Fsp3) is 0.308. The molecule has 1 heterocycles.